The number of carbonyl (C=O) groups excluding carboxylic acids is 1. The van der Waals surface area contributed by atoms with E-state index in [1.807, 2.05) is 0 Å². The molecular formula is C18H15N5O6S. The van der Waals surface area contributed by atoms with E-state index >= 15 is 0 Å². The highest BCUT2D eigenvalue weighted by atomic mass is 32.2. The number of nitro benzene ring substituents is 1. The number of nitro groups is 1. The fraction of sp³-hybridized carbons (Fsp3) is 0.0556. The van der Waals surface area contributed by atoms with Gasteiger partial charge in [0.15, 0.2) is 6.61 Å². The molecule has 12 heteroatoms. The van der Waals surface area contributed by atoms with E-state index in [9.17, 15) is 23.3 Å². The maximum atomic E-state index is 12.3. The van der Waals surface area contributed by atoms with Gasteiger partial charge in [0, 0.05) is 30.2 Å². The predicted octanol–water partition coefficient (Wildman–Crippen LogP) is 2.20. The van der Waals surface area contributed by atoms with Gasteiger partial charge in [0.1, 0.15) is 5.75 Å². The molecule has 0 unspecified atom stereocenters. The topological polar surface area (TPSA) is 153 Å². The van der Waals surface area contributed by atoms with Gasteiger partial charge in [-0.25, -0.2) is 23.1 Å². The Balaban J connectivity index is 1.55. The van der Waals surface area contributed by atoms with Crippen molar-refractivity contribution in [2.45, 2.75) is 4.90 Å². The molecule has 0 saturated heterocycles. The van der Waals surface area contributed by atoms with Crippen LogP contribution in [0.4, 0.5) is 17.3 Å². The van der Waals surface area contributed by atoms with Crippen LogP contribution in [0.25, 0.3) is 0 Å². The van der Waals surface area contributed by atoms with Gasteiger partial charge in [-0.2, -0.15) is 0 Å². The van der Waals surface area contributed by atoms with Crippen molar-refractivity contribution in [1.29, 1.82) is 0 Å². The second-order valence-electron chi connectivity index (χ2n) is 5.79. The van der Waals surface area contributed by atoms with Crippen LogP contribution in [-0.2, 0) is 14.8 Å². The van der Waals surface area contributed by atoms with E-state index in [2.05, 4.69) is 20.0 Å². The van der Waals surface area contributed by atoms with Gasteiger partial charge in [0.05, 0.1) is 9.82 Å². The van der Waals surface area contributed by atoms with Crippen LogP contribution in [0.3, 0.4) is 0 Å². The summed E-state index contributed by atoms with van der Waals surface area (Å²) in [6.45, 7) is -0.329. The van der Waals surface area contributed by atoms with E-state index in [-0.39, 0.29) is 23.1 Å². The van der Waals surface area contributed by atoms with Crippen molar-refractivity contribution in [3.8, 4) is 5.75 Å². The Morgan fingerprint density at radius 2 is 1.67 bits per heavy atom. The van der Waals surface area contributed by atoms with Crippen LogP contribution >= 0.6 is 0 Å². The molecule has 30 heavy (non-hydrogen) atoms. The second-order valence-corrected chi connectivity index (χ2v) is 7.47. The first-order chi connectivity index (χ1) is 14.3. The highest BCUT2D eigenvalue weighted by Crippen LogP contribution is 2.18. The Kier molecular flexibility index (Phi) is 6.17. The Morgan fingerprint density at radius 3 is 2.27 bits per heavy atom. The molecule has 0 aliphatic heterocycles. The number of carbonyl (C=O) groups is 1. The lowest BCUT2D eigenvalue weighted by Gasteiger charge is -2.09. The number of amides is 1. The van der Waals surface area contributed by atoms with Crippen LogP contribution in [0, 0.1) is 10.1 Å². The standard InChI is InChI=1S/C18H15N5O6S/c24-17(12-29-15-6-4-14(5-7-15)23(25)26)21-13-2-8-16(9-3-13)30(27,28)22-18-19-10-1-11-20-18/h1-11H,12H2,(H,21,24)(H,19,20,22). The number of ether oxygens (including phenoxy) is 1. The number of sulfonamides is 1. The summed E-state index contributed by atoms with van der Waals surface area (Å²) in [6, 6.07) is 12.3. The predicted molar refractivity (Wildman–Crippen MR) is 107 cm³/mol. The zero-order chi connectivity index (χ0) is 21.6. The second kappa shape index (κ2) is 8.96. The van der Waals surface area contributed by atoms with Crippen LogP contribution in [0.2, 0.25) is 0 Å². The first kappa shape index (κ1) is 20.7. The van der Waals surface area contributed by atoms with E-state index < -0.39 is 20.9 Å². The van der Waals surface area contributed by atoms with E-state index in [0.717, 1.165) is 0 Å². The number of anilines is 2. The Labute approximate surface area is 171 Å². The average molecular weight is 429 g/mol. The first-order valence-corrected chi connectivity index (χ1v) is 9.89. The summed E-state index contributed by atoms with van der Waals surface area (Å²) in [5.41, 5.74) is 0.275. The largest absolute Gasteiger partial charge is 0.484 e. The number of hydrogen-bond acceptors (Lipinski definition) is 8. The van der Waals surface area contributed by atoms with Crippen molar-refractivity contribution in [1.82, 2.24) is 9.97 Å². The van der Waals surface area contributed by atoms with E-state index in [0.29, 0.717) is 11.4 Å². The summed E-state index contributed by atoms with van der Waals surface area (Å²) in [6.07, 6.45) is 2.81. The molecule has 0 atom stereocenters. The van der Waals surface area contributed by atoms with Gasteiger partial charge >= 0.3 is 0 Å². The minimum Gasteiger partial charge on any atom is -0.484 e. The molecule has 0 aliphatic rings. The van der Waals surface area contributed by atoms with Gasteiger partial charge in [0.25, 0.3) is 21.6 Å². The van der Waals surface area contributed by atoms with E-state index in [1.165, 1.54) is 60.9 Å². The lowest BCUT2D eigenvalue weighted by Crippen LogP contribution is -2.20. The summed E-state index contributed by atoms with van der Waals surface area (Å²) in [5, 5.41) is 13.2. The SMILES string of the molecule is O=C(COc1ccc([N+](=O)[O-])cc1)Nc1ccc(S(=O)(=O)Nc2ncccn2)cc1. The highest BCUT2D eigenvalue weighted by Gasteiger charge is 2.15. The Hall–Kier alpha value is -4.06. The van der Waals surface area contributed by atoms with Crippen molar-refractivity contribution in [2.75, 3.05) is 16.6 Å². The number of nitrogens with zero attached hydrogens (tertiary/aromatic N) is 3. The lowest BCUT2D eigenvalue weighted by molar-refractivity contribution is -0.384. The summed E-state index contributed by atoms with van der Waals surface area (Å²) < 4.78 is 32.1. The molecule has 0 radical (unpaired) electrons. The zero-order valence-corrected chi connectivity index (χ0v) is 16.1. The average Bonchev–Trinajstić information content (AvgIpc) is 2.73. The molecule has 3 rings (SSSR count). The molecule has 2 N–H and O–H groups in total. The van der Waals surface area contributed by atoms with E-state index in [4.69, 9.17) is 4.74 Å². The van der Waals surface area contributed by atoms with Gasteiger partial charge < -0.3 is 10.1 Å². The van der Waals surface area contributed by atoms with Gasteiger partial charge in [-0.15, -0.1) is 0 Å². The van der Waals surface area contributed by atoms with Crippen molar-refractivity contribution < 1.29 is 22.9 Å². The number of rotatable bonds is 8. The summed E-state index contributed by atoms with van der Waals surface area (Å²) in [7, 11) is -3.87. The minimum absolute atomic E-state index is 0.0323. The van der Waals surface area contributed by atoms with Crippen LogP contribution < -0.4 is 14.8 Å². The maximum Gasteiger partial charge on any atom is 0.269 e. The third-order valence-electron chi connectivity index (χ3n) is 3.66. The third-order valence-corrected chi connectivity index (χ3v) is 5.00. The molecule has 3 aromatic rings. The van der Waals surface area contributed by atoms with E-state index in [1.54, 1.807) is 6.07 Å². The number of aromatic nitrogens is 2. The molecule has 0 aliphatic carbocycles. The normalized spacial score (nSPS) is 10.8. The zero-order valence-electron chi connectivity index (χ0n) is 15.3. The quantitative estimate of drug-likeness (QED) is 0.408. The molecule has 0 spiro atoms. The molecule has 0 bridgehead atoms. The van der Waals surface area contributed by atoms with Gasteiger partial charge in [-0.3, -0.25) is 14.9 Å². The minimum atomic E-state index is -3.87. The van der Waals surface area contributed by atoms with Crippen LogP contribution in [0.1, 0.15) is 0 Å². The van der Waals surface area contributed by atoms with Crippen molar-refractivity contribution in [3.05, 3.63) is 77.1 Å². The molecule has 0 saturated carbocycles. The number of benzene rings is 2. The molecule has 0 fully saturated rings. The number of hydrogen-bond donors (Lipinski definition) is 2. The molecule has 1 amide bonds. The highest BCUT2D eigenvalue weighted by molar-refractivity contribution is 7.92. The maximum absolute atomic E-state index is 12.3. The van der Waals surface area contributed by atoms with Gasteiger partial charge in [-0.05, 0) is 42.5 Å². The monoisotopic (exact) mass is 429 g/mol. The van der Waals surface area contributed by atoms with Crippen molar-refractivity contribution in [2.24, 2.45) is 0 Å². The van der Waals surface area contributed by atoms with Crippen LogP contribution in [0.15, 0.2) is 71.9 Å². The van der Waals surface area contributed by atoms with Crippen molar-refractivity contribution >= 4 is 33.3 Å². The fourth-order valence-electron chi connectivity index (χ4n) is 2.26. The fourth-order valence-corrected chi connectivity index (χ4v) is 3.22. The number of non-ortho nitro benzene ring substituents is 1. The third kappa shape index (κ3) is 5.48. The van der Waals surface area contributed by atoms with Gasteiger partial charge in [-0.1, -0.05) is 0 Å². The summed E-state index contributed by atoms with van der Waals surface area (Å²) >= 11 is 0. The molecule has 11 nitrogen and oxygen atoms in total. The lowest BCUT2D eigenvalue weighted by atomic mass is 10.3. The molecule has 1 heterocycles. The van der Waals surface area contributed by atoms with Crippen LogP contribution in [-0.4, -0.2) is 35.8 Å². The number of nitrogens with one attached hydrogen (secondary N) is 2. The molecule has 2 aromatic carbocycles. The van der Waals surface area contributed by atoms with Crippen molar-refractivity contribution in [3.63, 3.8) is 0 Å². The Morgan fingerprint density at radius 1 is 1.03 bits per heavy atom. The molecular weight excluding hydrogens is 414 g/mol. The smallest absolute Gasteiger partial charge is 0.269 e. The van der Waals surface area contributed by atoms with Gasteiger partial charge in [0.2, 0.25) is 5.95 Å². The molecule has 1 aromatic heterocycles. The Bertz CT molecular complexity index is 1140. The molecule has 154 valence electrons. The first-order valence-electron chi connectivity index (χ1n) is 8.40. The summed E-state index contributed by atoms with van der Waals surface area (Å²) in [5.74, 6) is -0.246. The van der Waals surface area contributed by atoms with Crippen LogP contribution in [0.5, 0.6) is 5.75 Å². The summed E-state index contributed by atoms with van der Waals surface area (Å²) in [4.78, 5) is 29.6.